The lowest BCUT2D eigenvalue weighted by Crippen LogP contribution is -2.36. The van der Waals surface area contributed by atoms with Gasteiger partial charge in [0.05, 0.1) is 23.9 Å². The number of ether oxygens (including phenoxy) is 1. The lowest BCUT2D eigenvalue weighted by Gasteiger charge is -2.28. The topological polar surface area (TPSA) is 58.6 Å². The maximum Gasteiger partial charge on any atom is 0.222 e. The number of aryl methyl sites for hydroxylation is 1. The Morgan fingerprint density at radius 1 is 1.32 bits per heavy atom. The number of rotatable bonds is 3. The van der Waals surface area contributed by atoms with Gasteiger partial charge in [-0.3, -0.25) is 4.79 Å². The molecule has 4 rings (SSSR count). The van der Waals surface area contributed by atoms with Gasteiger partial charge < -0.3 is 14.5 Å². The fraction of sp³-hybridized carbons (Fsp3) is 0.421. The number of hydrogen-bond acceptors (Lipinski definition) is 5. The van der Waals surface area contributed by atoms with Crippen molar-refractivity contribution in [3.05, 3.63) is 53.5 Å². The van der Waals surface area contributed by atoms with E-state index >= 15 is 0 Å². The van der Waals surface area contributed by atoms with E-state index in [9.17, 15) is 4.79 Å². The number of benzene rings is 1. The second kappa shape index (κ2) is 6.44. The largest absolute Gasteiger partial charge is 0.355 e. The van der Waals surface area contributed by atoms with Crippen molar-refractivity contribution < 1.29 is 9.53 Å². The second-order valence-electron chi connectivity index (χ2n) is 6.70. The van der Waals surface area contributed by atoms with Crippen LogP contribution in [-0.4, -0.2) is 40.5 Å². The number of nitrogens with zero attached hydrogens (tertiary/aromatic N) is 4. The molecule has 25 heavy (non-hydrogen) atoms. The summed E-state index contributed by atoms with van der Waals surface area (Å²) in [6.45, 7) is 2.93. The Morgan fingerprint density at radius 2 is 2.12 bits per heavy atom. The summed E-state index contributed by atoms with van der Waals surface area (Å²) in [6.07, 6.45) is 2.96. The number of carbonyl (C=O) groups is 1. The highest BCUT2D eigenvalue weighted by Gasteiger charge is 2.42. The molecule has 130 valence electrons. The Balaban J connectivity index is 1.72. The molecule has 2 bridgehead atoms. The Hall–Kier alpha value is -2.47. The summed E-state index contributed by atoms with van der Waals surface area (Å²) < 4.78 is 6.00. The predicted molar refractivity (Wildman–Crippen MR) is 93.9 cm³/mol. The summed E-state index contributed by atoms with van der Waals surface area (Å²) in [5, 5.41) is 0. The second-order valence-corrected chi connectivity index (χ2v) is 6.70. The van der Waals surface area contributed by atoms with Gasteiger partial charge in [0.25, 0.3) is 0 Å². The minimum atomic E-state index is -0.380. The van der Waals surface area contributed by atoms with E-state index in [-0.39, 0.29) is 18.2 Å². The molecule has 3 heterocycles. The summed E-state index contributed by atoms with van der Waals surface area (Å²) in [6, 6.07) is 10.4. The molecule has 2 aliphatic heterocycles. The van der Waals surface area contributed by atoms with Crippen LogP contribution in [0.15, 0.2) is 36.7 Å². The van der Waals surface area contributed by atoms with Crippen molar-refractivity contribution in [2.75, 3.05) is 18.6 Å². The molecule has 0 N–H and O–H groups in total. The van der Waals surface area contributed by atoms with Crippen LogP contribution in [0.3, 0.4) is 0 Å². The summed E-state index contributed by atoms with van der Waals surface area (Å²) in [7, 11) is 2.02. The first-order valence-electron chi connectivity index (χ1n) is 8.64. The van der Waals surface area contributed by atoms with Crippen molar-refractivity contribution in [3.63, 3.8) is 0 Å². The zero-order valence-electron chi connectivity index (χ0n) is 14.6. The number of hydrogen-bond donors (Lipinski definition) is 0. The number of aromatic nitrogens is 2. The predicted octanol–water partition coefficient (Wildman–Crippen LogP) is 2.31. The number of anilines is 1. The molecular weight excluding hydrogens is 316 g/mol. The van der Waals surface area contributed by atoms with Crippen molar-refractivity contribution in [2.24, 2.45) is 0 Å². The van der Waals surface area contributed by atoms with E-state index in [0.29, 0.717) is 6.61 Å². The summed E-state index contributed by atoms with van der Waals surface area (Å²) in [5.74, 6) is 0.883. The first-order valence-corrected chi connectivity index (χ1v) is 8.64. The van der Waals surface area contributed by atoms with Crippen LogP contribution in [-0.2, 0) is 22.5 Å². The molecule has 2 atom stereocenters. The Morgan fingerprint density at radius 3 is 2.88 bits per heavy atom. The number of fused-ring (bicyclic) bond motifs is 4. The minimum Gasteiger partial charge on any atom is -0.355 e. The van der Waals surface area contributed by atoms with Gasteiger partial charge in [0.15, 0.2) is 6.23 Å². The molecule has 0 radical (unpaired) electrons. The molecule has 1 aromatic carbocycles. The SMILES string of the molecule is CC(=O)N1[C@H]2CCc3ncnc(N(C)Cc4ccccc4)c3[C@@H]1OC2. The molecule has 0 spiro atoms. The smallest absolute Gasteiger partial charge is 0.222 e. The average Bonchev–Trinajstić information content (AvgIpc) is 2.95. The van der Waals surface area contributed by atoms with Crippen molar-refractivity contribution in [3.8, 4) is 0 Å². The molecule has 1 saturated heterocycles. The molecule has 1 fully saturated rings. The minimum absolute atomic E-state index is 0.0425. The van der Waals surface area contributed by atoms with E-state index < -0.39 is 0 Å². The van der Waals surface area contributed by atoms with Crippen LogP contribution < -0.4 is 4.90 Å². The molecule has 1 amide bonds. The van der Waals surface area contributed by atoms with Crippen LogP contribution in [0.2, 0.25) is 0 Å². The van der Waals surface area contributed by atoms with Gasteiger partial charge in [-0.2, -0.15) is 0 Å². The third-order valence-electron chi connectivity index (χ3n) is 4.99. The summed E-state index contributed by atoms with van der Waals surface area (Å²) in [5.41, 5.74) is 3.14. The average molecular weight is 338 g/mol. The third-order valence-corrected chi connectivity index (χ3v) is 4.99. The summed E-state index contributed by atoms with van der Waals surface area (Å²) in [4.78, 5) is 25.2. The van der Waals surface area contributed by atoms with Crippen molar-refractivity contribution in [1.29, 1.82) is 0 Å². The van der Waals surface area contributed by atoms with Crippen molar-refractivity contribution in [1.82, 2.24) is 14.9 Å². The van der Waals surface area contributed by atoms with E-state index in [0.717, 1.165) is 36.5 Å². The van der Waals surface area contributed by atoms with E-state index in [2.05, 4.69) is 27.0 Å². The first-order chi connectivity index (χ1) is 12.1. The van der Waals surface area contributed by atoms with E-state index in [4.69, 9.17) is 4.74 Å². The molecule has 2 aliphatic rings. The van der Waals surface area contributed by atoms with Gasteiger partial charge >= 0.3 is 0 Å². The first kappa shape index (κ1) is 16.0. The Kier molecular flexibility index (Phi) is 4.13. The van der Waals surface area contributed by atoms with Gasteiger partial charge in [-0.15, -0.1) is 0 Å². The molecule has 0 saturated carbocycles. The normalized spacial score (nSPS) is 21.6. The van der Waals surface area contributed by atoms with Crippen LogP contribution in [0.5, 0.6) is 0 Å². The van der Waals surface area contributed by atoms with Crippen LogP contribution in [0.1, 0.15) is 36.4 Å². The van der Waals surface area contributed by atoms with Crippen LogP contribution in [0.4, 0.5) is 5.82 Å². The van der Waals surface area contributed by atoms with E-state index in [1.165, 1.54) is 5.56 Å². The monoisotopic (exact) mass is 338 g/mol. The lowest BCUT2D eigenvalue weighted by atomic mass is 10.1. The van der Waals surface area contributed by atoms with Gasteiger partial charge in [-0.1, -0.05) is 30.3 Å². The quantitative estimate of drug-likeness (QED) is 0.859. The van der Waals surface area contributed by atoms with Crippen LogP contribution in [0, 0.1) is 0 Å². The zero-order valence-corrected chi connectivity index (χ0v) is 14.6. The molecule has 0 unspecified atom stereocenters. The molecule has 0 aliphatic carbocycles. The lowest BCUT2D eigenvalue weighted by molar-refractivity contribution is -0.135. The summed E-state index contributed by atoms with van der Waals surface area (Å²) >= 11 is 0. The standard InChI is InChI=1S/C19H22N4O2/c1-13(24)23-15-8-9-16-17(19(23)25-11-15)18(21-12-20-16)22(2)10-14-6-4-3-5-7-14/h3-7,12,15,19H,8-11H2,1-2H3/t15-,19-/m0/s1. The maximum atomic E-state index is 12.2. The highest BCUT2D eigenvalue weighted by Crippen LogP contribution is 2.41. The van der Waals surface area contributed by atoms with Gasteiger partial charge in [-0.05, 0) is 18.4 Å². The van der Waals surface area contributed by atoms with Crippen molar-refractivity contribution >= 4 is 11.7 Å². The highest BCUT2D eigenvalue weighted by atomic mass is 16.5. The fourth-order valence-electron chi connectivity index (χ4n) is 3.83. The maximum absolute atomic E-state index is 12.2. The highest BCUT2D eigenvalue weighted by molar-refractivity contribution is 5.75. The van der Waals surface area contributed by atoms with Gasteiger partial charge in [0.2, 0.25) is 5.91 Å². The van der Waals surface area contributed by atoms with Gasteiger partial charge in [0.1, 0.15) is 12.1 Å². The Labute approximate surface area is 147 Å². The fourth-order valence-corrected chi connectivity index (χ4v) is 3.83. The number of carbonyl (C=O) groups excluding carboxylic acids is 1. The van der Waals surface area contributed by atoms with E-state index in [1.807, 2.05) is 30.1 Å². The van der Waals surface area contributed by atoms with Crippen LogP contribution >= 0.6 is 0 Å². The number of amides is 1. The molecular formula is C19H22N4O2. The zero-order chi connectivity index (χ0) is 17.4. The molecule has 2 aromatic rings. The Bertz CT molecular complexity index is 780. The van der Waals surface area contributed by atoms with Crippen molar-refractivity contribution in [2.45, 2.75) is 38.6 Å². The van der Waals surface area contributed by atoms with Gasteiger partial charge in [-0.25, -0.2) is 9.97 Å². The molecule has 6 nitrogen and oxygen atoms in total. The van der Waals surface area contributed by atoms with E-state index in [1.54, 1.807) is 13.3 Å². The van der Waals surface area contributed by atoms with Crippen LogP contribution in [0.25, 0.3) is 0 Å². The van der Waals surface area contributed by atoms with Gasteiger partial charge in [0, 0.05) is 20.5 Å². The third kappa shape index (κ3) is 2.87. The molecule has 1 aromatic heterocycles. The molecule has 6 heteroatoms.